The minimum atomic E-state index is -0.697. The summed E-state index contributed by atoms with van der Waals surface area (Å²) >= 11 is 0. The lowest BCUT2D eigenvalue weighted by atomic mass is 9.82. The van der Waals surface area contributed by atoms with Crippen molar-refractivity contribution in [1.29, 1.82) is 0 Å². The van der Waals surface area contributed by atoms with Crippen LogP contribution in [0.5, 0.6) is 0 Å². The van der Waals surface area contributed by atoms with Gasteiger partial charge in [-0.25, -0.2) is 4.79 Å². The number of urea groups is 1. The molecule has 6 heteroatoms. The molecule has 1 aliphatic rings. The fourth-order valence-corrected chi connectivity index (χ4v) is 2.67. The Balaban J connectivity index is 1.56. The molecule has 0 aromatic carbocycles. The molecular weight excluding hydrogens is 272 g/mol. The van der Waals surface area contributed by atoms with Crippen molar-refractivity contribution in [2.75, 3.05) is 13.1 Å². The van der Waals surface area contributed by atoms with Gasteiger partial charge in [-0.15, -0.1) is 0 Å². The van der Waals surface area contributed by atoms with Crippen molar-refractivity contribution >= 4 is 12.0 Å². The Morgan fingerprint density at radius 2 is 2.00 bits per heavy atom. The van der Waals surface area contributed by atoms with Crippen LogP contribution in [0.2, 0.25) is 0 Å². The van der Waals surface area contributed by atoms with Gasteiger partial charge >= 0.3 is 12.0 Å². The summed E-state index contributed by atoms with van der Waals surface area (Å²) < 4.78 is 5.18. The van der Waals surface area contributed by atoms with Gasteiger partial charge in [-0.3, -0.25) is 4.79 Å². The molecule has 1 aromatic heterocycles. The molecule has 0 radical (unpaired) electrons. The molecule has 0 unspecified atom stereocenters. The van der Waals surface area contributed by atoms with Crippen LogP contribution in [0.15, 0.2) is 22.8 Å². The van der Waals surface area contributed by atoms with Crippen LogP contribution in [0, 0.1) is 11.8 Å². The average Bonchev–Trinajstić information content (AvgIpc) is 2.99. The minimum Gasteiger partial charge on any atom is -0.481 e. The molecule has 0 saturated heterocycles. The van der Waals surface area contributed by atoms with E-state index in [9.17, 15) is 9.59 Å². The van der Waals surface area contributed by atoms with Crippen molar-refractivity contribution in [2.24, 2.45) is 11.8 Å². The molecule has 3 N–H and O–H groups in total. The summed E-state index contributed by atoms with van der Waals surface area (Å²) in [6.45, 7) is 1.14. The molecule has 1 aromatic rings. The van der Waals surface area contributed by atoms with Gasteiger partial charge < -0.3 is 20.2 Å². The number of furan rings is 1. The topological polar surface area (TPSA) is 91.6 Å². The number of carbonyl (C=O) groups excluding carboxylic acids is 1. The van der Waals surface area contributed by atoms with Crippen LogP contribution in [-0.4, -0.2) is 30.2 Å². The quantitative estimate of drug-likeness (QED) is 0.748. The molecule has 6 nitrogen and oxygen atoms in total. The van der Waals surface area contributed by atoms with E-state index in [0.29, 0.717) is 38.3 Å². The fourth-order valence-electron chi connectivity index (χ4n) is 2.67. The SMILES string of the molecule is O=C(NCCc1ccco1)NCC1CCC(C(=O)O)CC1. The Hall–Kier alpha value is -1.98. The molecule has 0 spiro atoms. The predicted octanol–water partition coefficient (Wildman–Crippen LogP) is 2.01. The number of aliphatic carboxylic acids is 1. The van der Waals surface area contributed by atoms with E-state index in [1.165, 1.54) is 0 Å². The van der Waals surface area contributed by atoms with Gasteiger partial charge in [0.05, 0.1) is 12.2 Å². The Kier molecular flexibility index (Phi) is 5.66. The van der Waals surface area contributed by atoms with Gasteiger partial charge in [0.25, 0.3) is 0 Å². The van der Waals surface area contributed by atoms with Crippen molar-refractivity contribution in [2.45, 2.75) is 32.1 Å². The van der Waals surface area contributed by atoms with E-state index in [1.807, 2.05) is 12.1 Å². The molecule has 0 atom stereocenters. The minimum absolute atomic E-state index is 0.179. The third kappa shape index (κ3) is 5.13. The predicted molar refractivity (Wildman–Crippen MR) is 76.9 cm³/mol. The molecule has 2 amide bonds. The van der Waals surface area contributed by atoms with Gasteiger partial charge in [0.2, 0.25) is 0 Å². The van der Waals surface area contributed by atoms with Crippen LogP contribution in [0.25, 0.3) is 0 Å². The number of amides is 2. The van der Waals surface area contributed by atoms with Gasteiger partial charge in [-0.05, 0) is 43.7 Å². The van der Waals surface area contributed by atoms with Gasteiger partial charge in [0.15, 0.2) is 0 Å². The monoisotopic (exact) mass is 294 g/mol. The lowest BCUT2D eigenvalue weighted by Crippen LogP contribution is -2.40. The summed E-state index contributed by atoms with van der Waals surface area (Å²) in [6.07, 6.45) is 5.43. The maximum absolute atomic E-state index is 11.6. The van der Waals surface area contributed by atoms with Crippen LogP contribution in [0.1, 0.15) is 31.4 Å². The van der Waals surface area contributed by atoms with Gasteiger partial charge in [0.1, 0.15) is 5.76 Å². The highest BCUT2D eigenvalue weighted by Gasteiger charge is 2.25. The maximum atomic E-state index is 11.6. The van der Waals surface area contributed by atoms with Gasteiger partial charge in [0, 0.05) is 19.5 Å². The number of rotatable bonds is 6. The van der Waals surface area contributed by atoms with E-state index >= 15 is 0 Å². The zero-order chi connectivity index (χ0) is 15.1. The third-order valence-electron chi connectivity index (χ3n) is 3.98. The number of hydrogen-bond donors (Lipinski definition) is 3. The second-order valence-electron chi connectivity index (χ2n) is 5.52. The van der Waals surface area contributed by atoms with Crippen LogP contribution in [0.3, 0.4) is 0 Å². The van der Waals surface area contributed by atoms with Crippen molar-refractivity contribution in [3.8, 4) is 0 Å². The van der Waals surface area contributed by atoms with Crippen LogP contribution in [-0.2, 0) is 11.2 Å². The Morgan fingerprint density at radius 1 is 1.24 bits per heavy atom. The number of carbonyl (C=O) groups is 2. The average molecular weight is 294 g/mol. The summed E-state index contributed by atoms with van der Waals surface area (Å²) in [6, 6.07) is 3.52. The lowest BCUT2D eigenvalue weighted by molar-refractivity contribution is -0.143. The largest absolute Gasteiger partial charge is 0.481 e. The summed E-state index contributed by atoms with van der Waals surface area (Å²) in [5.41, 5.74) is 0. The first-order valence-corrected chi connectivity index (χ1v) is 7.42. The molecule has 1 aliphatic carbocycles. The van der Waals surface area contributed by atoms with Crippen LogP contribution in [0.4, 0.5) is 4.79 Å². The summed E-state index contributed by atoms with van der Waals surface area (Å²) in [5, 5.41) is 14.6. The Labute approximate surface area is 123 Å². The van der Waals surface area contributed by atoms with Crippen molar-refractivity contribution < 1.29 is 19.1 Å². The van der Waals surface area contributed by atoms with Crippen molar-refractivity contribution in [3.05, 3.63) is 24.2 Å². The Bertz CT molecular complexity index is 450. The first-order chi connectivity index (χ1) is 10.1. The van der Waals surface area contributed by atoms with E-state index in [4.69, 9.17) is 9.52 Å². The van der Waals surface area contributed by atoms with E-state index in [1.54, 1.807) is 6.26 Å². The molecule has 1 saturated carbocycles. The van der Waals surface area contributed by atoms with E-state index < -0.39 is 5.97 Å². The second kappa shape index (κ2) is 7.71. The smallest absolute Gasteiger partial charge is 0.314 e. The molecule has 21 heavy (non-hydrogen) atoms. The van der Waals surface area contributed by atoms with Gasteiger partial charge in [-0.2, -0.15) is 0 Å². The first-order valence-electron chi connectivity index (χ1n) is 7.42. The highest BCUT2D eigenvalue weighted by molar-refractivity contribution is 5.73. The molecule has 1 fully saturated rings. The zero-order valence-corrected chi connectivity index (χ0v) is 12.0. The lowest BCUT2D eigenvalue weighted by Gasteiger charge is -2.26. The number of hydrogen-bond acceptors (Lipinski definition) is 3. The third-order valence-corrected chi connectivity index (χ3v) is 3.98. The Morgan fingerprint density at radius 3 is 2.62 bits per heavy atom. The zero-order valence-electron chi connectivity index (χ0n) is 12.0. The van der Waals surface area contributed by atoms with Crippen LogP contribution < -0.4 is 10.6 Å². The highest BCUT2D eigenvalue weighted by atomic mass is 16.4. The molecule has 0 bridgehead atoms. The van der Waals surface area contributed by atoms with E-state index in [0.717, 1.165) is 18.6 Å². The highest BCUT2D eigenvalue weighted by Crippen LogP contribution is 2.28. The summed E-state index contributed by atoms with van der Waals surface area (Å²) in [7, 11) is 0. The molecule has 2 rings (SSSR count). The van der Waals surface area contributed by atoms with E-state index in [-0.39, 0.29) is 11.9 Å². The van der Waals surface area contributed by atoms with E-state index in [2.05, 4.69) is 10.6 Å². The normalized spacial score (nSPS) is 21.7. The fraction of sp³-hybridized carbons (Fsp3) is 0.600. The van der Waals surface area contributed by atoms with Crippen LogP contribution >= 0.6 is 0 Å². The maximum Gasteiger partial charge on any atom is 0.314 e. The number of nitrogens with one attached hydrogen (secondary N) is 2. The molecule has 0 aliphatic heterocycles. The van der Waals surface area contributed by atoms with Crippen molar-refractivity contribution in [1.82, 2.24) is 10.6 Å². The number of carboxylic acid groups (broad SMARTS) is 1. The molecular formula is C15H22N2O4. The number of carboxylic acids is 1. The summed E-state index contributed by atoms with van der Waals surface area (Å²) in [5.74, 6) is 0.333. The van der Waals surface area contributed by atoms with Gasteiger partial charge in [-0.1, -0.05) is 0 Å². The second-order valence-corrected chi connectivity index (χ2v) is 5.52. The first kappa shape index (κ1) is 15.4. The van der Waals surface area contributed by atoms with Crippen molar-refractivity contribution in [3.63, 3.8) is 0 Å². The molecule has 1 heterocycles. The standard InChI is InChI=1S/C15H22N2O4/c18-14(19)12-5-3-11(4-6-12)10-17-15(20)16-8-7-13-2-1-9-21-13/h1-2,9,11-12H,3-8,10H2,(H,18,19)(H2,16,17,20). The molecule has 116 valence electrons. The summed E-state index contributed by atoms with van der Waals surface area (Å²) in [4.78, 5) is 22.5.